The van der Waals surface area contributed by atoms with Crippen LogP contribution in [0.2, 0.25) is 0 Å². The van der Waals surface area contributed by atoms with Crippen molar-refractivity contribution in [3.63, 3.8) is 0 Å². The van der Waals surface area contributed by atoms with Crippen LogP contribution in [-0.4, -0.2) is 16.6 Å². The lowest BCUT2D eigenvalue weighted by Crippen LogP contribution is -2.34. The number of aromatic amines is 1. The summed E-state index contributed by atoms with van der Waals surface area (Å²) in [6, 6.07) is 0. The van der Waals surface area contributed by atoms with Crippen LogP contribution in [0, 0.1) is 6.92 Å². The Labute approximate surface area is 101 Å². The van der Waals surface area contributed by atoms with Crippen molar-refractivity contribution in [1.29, 1.82) is 0 Å². The summed E-state index contributed by atoms with van der Waals surface area (Å²) in [5, 5.41) is 0. The predicted octanol–water partition coefficient (Wildman–Crippen LogP) is 1.71. The number of anilines is 1. The Morgan fingerprint density at radius 2 is 1.94 bits per heavy atom. The number of hydrogen-bond acceptors (Lipinski definition) is 4. The highest BCUT2D eigenvalue weighted by Gasteiger charge is 2.32. The molecule has 5 heteroatoms. The van der Waals surface area contributed by atoms with Crippen LogP contribution in [0.25, 0.3) is 0 Å². The van der Waals surface area contributed by atoms with E-state index in [1.807, 2.05) is 20.8 Å². The van der Waals surface area contributed by atoms with E-state index in [1.165, 1.54) is 0 Å². The number of nitrogens with zero attached hydrogens (tertiary/aromatic N) is 1. The number of nitrogen functional groups attached to an aromatic ring is 1. The fourth-order valence-corrected chi connectivity index (χ4v) is 1.90. The van der Waals surface area contributed by atoms with Gasteiger partial charge in [0.05, 0.1) is 5.56 Å². The Morgan fingerprint density at radius 1 is 1.35 bits per heavy atom. The fraction of sp³-hybridized carbons (Fsp3) is 0.667. The molecule has 0 aromatic carbocycles. The lowest BCUT2D eigenvalue weighted by molar-refractivity contribution is -0.0572. The van der Waals surface area contributed by atoms with Gasteiger partial charge < -0.3 is 15.5 Å². The van der Waals surface area contributed by atoms with Gasteiger partial charge in [-0.1, -0.05) is 13.8 Å². The molecular weight excluding hydrogens is 218 g/mol. The maximum absolute atomic E-state index is 11.7. The highest BCUT2D eigenvalue weighted by Crippen LogP contribution is 2.30. The van der Waals surface area contributed by atoms with Crippen LogP contribution >= 0.6 is 0 Å². The Balaban J connectivity index is 3.33. The summed E-state index contributed by atoms with van der Waals surface area (Å²) in [5.74, 6) is 0.798. The molecule has 96 valence electrons. The van der Waals surface area contributed by atoms with Crippen LogP contribution in [0.3, 0.4) is 0 Å². The summed E-state index contributed by atoms with van der Waals surface area (Å²) in [6.45, 7) is 8.17. The second-order valence-corrected chi connectivity index (χ2v) is 4.06. The largest absolute Gasteiger partial charge is 0.383 e. The van der Waals surface area contributed by atoms with E-state index in [9.17, 15) is 4.79 Å². The molecule has 0 saturated heterocycles. The predicted molar refractivity (Wildman–Crippen MR) is 67.9 cm³/mol. The number of nitrogens with two attached hydrogens (primary N) is 1. The Hall–Kier alpha value is -1.36. The van der Waals surface area contributed by atoms with Crippen molar-refractivity contribution in [2.24, 2.45) is 0 Å². The molecule has 0 aliphatic carbocycles. The molecule has 0 radical (unpaired) electrons. The molecule has 0 amide bonds. The zero-order valence-electron chi connectivity index (χ0n) is 11.0. The highest BCUT2D eigenvalue weighted by molar-refractivity contribution is 5.36. The molecular formula is C12H21N3O2. The van der Waals surface area contributed by atoms with E-state index in [0.717, 1.165) is 12.8 Å². The van der Waals surface area contributed by atoms with Gasteiger partial charge in [0.2, 0.25) is 0 Å². The third kappa shape index (κ3) is 2.49. The minimum Gasteiger partial charge on any atom is -0.383 e. The van der Waals surface area contributed by atoms with E-state index >= 15 is 0 Å². The fourth-order valence-electron chi connectivity index (χ4n) is 1.90. The first-order chi connectivity index (χ1) is 8.00. The maximum atomic E-state index is 11.7. The minimum atomic E-state index is -0.546. The summed E-state index contributed by atoms with van der Waals surface area (Å²) in [4.78, 5) is 18.7. The molecule has 0 aliphatic rings. The van der Waals surface area contributed by atoms with Gasteiger partial charge in [-0.15, -0.1) is 0 Å². The van der Waals surface area contributed by atoms with E-state index in [2.05, 4.69) is 9.97 Å². The zero-order chi connectivity index (χ0) is 13.1. The van der Waals surface area contributed by atoms with Crippen LogP contribution in [0.5, 0.6) is 0 Å². The van der Waals surface area contributed by atoms with Crippen LogP contribution in [0.1, 0.15) is 45.0 Å². The molecule has 0 fully saturated rings. The van der Waals surface area contributed by atoms with Crippen LogP contribution in [0.15, 0.2) is 4.79 Å². The molecule has 1 rings (SSSR count). The molecule has 5 nitrogen and oxygen atoms in total. The van der Waals surface area contributed by atoms with E-state index < -0.39 is 5.60 Å². The molecule has 0 atom stereocenters. The van der Waals surface area contributed by atoms with Gasteiger partial charge in [0.25, 0.3) is 5.56 Å². The van der Waals surface area contributed by atoms with Crippen molar-refractivity contribution in [2.45, 2.75) is 46.1 Å². The van der Waals surface area contributed by atoms with Gasteiger partial charge in [-0.2, -0.15) is 0 Å². The minimum absolute atomic E-state index is 0.196. The van der Waals surface area contributed by atoms with Gasteiger partial charge >= 0.3 is 0 Å². The molecule has 0 bridgehead atoms. The Morgan fingerprint density at radius 3 is 2.35 bits per heavy atom. The average molecular weight is 239 g/mol. The van der Waals surface area contributed by atoms with Crippen molar-refractivity contribution in [3.8, 4) is 0 Å². The van der Waals surface area contributed by atoms with Crippen molar-refractivity contribution in [1.82, 2.24) is 9.97 Å². The molecule has 1 heterocycles. The Kier molecular flexibility index (Phi) is 4.28. The lowest BCUT2D eigenvalue weighted by Gasteiger charge is -2.30. The molecule has 0 spiro atoms. The van der Waals surface area contributed by atoms with Gasteiger partial charge in [-0.05, 0) is 26.7 Å². The van der Waals surface area contributed by atoms with Gasteiger partial charge in [0.15, 0.2) is 0 Å². The highest BCUT2D eigenvalue weighted by atomic mass is 16.5. The monoisotopic (exact) mass is 239 g/mol. The zero-order valence-corrected chi connectivity index (χ0v) is 11.0. The molecule has 17 heavy (non-hydrogen) atoms. The van der Waals surface area contributed by atoms with Gasteiger partial charge in [-0.3, -0.25) is 4.79 Å². The van der Waals surface area contributed by atoms with E-state index in [-0.39, 0.29) is 11.4 Å². The van der Waals surface area contributed by atoms with E-state index in [0.29, 0.717) is 18.0 Å². The molecule has 1 aromatic rings. The second kappa shape index (κ2) is 5.31. The van der Waals surface area contributed by atoms with E-state index in [4.69, 9.17) is 10.5 Å². The quantitative estimate of drug-likeness (QED) is 0.819. The van der Waals surface area contributed by atoms with Crippen molar-refractivity contribution in [2.75, 3.05) is 12.3 Å². The number of rotatable bonds is 5. The van der Waals surface area contributed by atoms with Gasteiger partial charge in [-0.25, -0.2) is 4.98 Å². The summed E-state index contributed by atoms with van der Waals surface area (Å²) in [7, 11) is 0. The van der Waals surface area contributed by atoms with Crippen LogP contribution in [-0.2, 0) is 10.3 Å². The lowest BCUT2D eigenvalue weighted by atomic mass is 9.95. The smallest absolute Gasteiger partial charge is 0.255 e. The first kappa shape index (κ1) is 13.7. The number of nitrogens with one attached hydrogen (secondary N) is 1. The van der Waals surface area contributed by atoms with Gasteiger partial charge in [0.1, 0.15) is 17.2 Å². The summed E-state index contributed by atoms with van der Waals surface area (Å²) >= 11 is 0. The Bertz CT molecular complexity index is 436. The van der Waals surface area contributed by atoms with Crippen molar-refractivity contribution >= 4 is 5.82 Å². The molecule has 0 saturated carbocycles. The summed E-state index contributed by atoms with van der Waals surface area (Å²) in [5.41, 5.74) is 5.45. The normalized spacial score (nSPS) is 11.8. The number of H-pyrrole nitrogens is 1. The van der Waals surface area contributed by atoms with Crippen LogP contribution in [0.4, 0.5) is 5.82 Å². The first-order valence-electron chi connectivity index (χ1n) is 6.01. The number of hydrogen-bond donors (Lipinski definition) is 2. The first-order valence-corrected chi connectivity index (χ1v) is 6.01. The second-order valence-electron chi connectivity index (χ2n) is 4.06. The van der Waals surface area contributed by atoms with E-state index in [1.54, 1.807) is 6.92 Å². The maximum Gasteiger partial charge on any atom is 0.255 e. The molecule has 0 unspecified atom stereocenters. The summed E-state index contributed by atoms with van der Waals surface area (Å²) in [6.07, 6.45) is 1.48. The number of aromatic nitrogens is 2. The summed E-state index contributed by atoms with van der Waals surface area (Å²) < 4.78 is 5.78. The molecule has 3 N–H and O–H groups in total. The third-order valence-corrected chi connectivity index (χ3v) is 3.18. The van der Waals surface area contributed by atoms with Crippen molar-refractivity contribution in [3.05, 3.63) is 21.7 Å². The third-order valence-electron chi connectivity index (χ3n) is 3.18. The van der Waals surface area contributed by atoms with Crippen LogP contribution < -0.4 is 11.3 Å². The average Bonchev–Trinajstić information content (AvgIpc) is 2.32. The SMILES string of the molecule is CCOC(CC)(CC)c1nc(N)c(C)c(=O)[nH]1. The standard InChI is InChI=1S/C12H21N3O2/c1-5-12(6-2,17-7-3)11-14-9(13)8(4)10(16)15-11/h5-7H2,1-4H3,(H3,13,14,15,16). The number of ether oxygens (including phenoxy) is 1. The van der Waals surface area contributed by atoms with Gasteiger partial charge in [0, 0.05) is 6.61 Å². The molecule has 1 aromatic heterocycles. The topological polar surface area (TPSA) is 81.0 Å². The van der Waals surface area contributed by atoms with Crippen molar-refractivity contribution < 1.29 is 4.74 Å². The molecule has 0 aliphatic heterocycles.